The summed E-state index contributed by atoms with van der Waals surface area (Å²) in [6, 6.07) is 3.79. The maximum atomic E-state index is 12.7. The molecule has 1 heterocycles. The highest BCUT2D eigenvalue weighted by Gasteiger charge is 2.50. The van der Waals surface area contributed by atoms with E-state index in [2.05, 4.69) is 0 Å². The fraction of sp³-hybridized carbons (Fsp3) is 0.667. The van der Waals surface area contributed by atoms with Crippen LogP contribution in [0.4, 0.5) is 5.00 Å². The van der Waals surface area contributed by atoms with Gasteiger partial charge in [-0.2, -0.15) is 0 Å². The molecule has 1 aromatic rings. The van der Waals surface area contributed by atoms with Crippen molar-refractivity contribution in [2.75, 3.05) is 5.73 Å². The highest BCUT2D eigenvalue weighted by molar-refractivity contribution is 7.17. The van der Waals surface area contributed by atoms with Gasteiger partial charge in [0.25, 0.3) is 0 Å². The van der Waals surface area contributed by atoms with Crippen molar-refractivity contribution in [3.05, 3.63) is 17.0 Å². The normalized spacial score (nSPS) is 41.2. The molecule has 0 aromatic carbocycles. The van der Waals surface area contributed by atoms with Gasteiger partial charge in [0.1, 0.15) is 0 Å². The van der Waals surface area contributed by atoms with Crippen molar-refractivity contribution in [2.24, 2.45) is 29.6 Å². The molecule has 3 heteroatoms. The summed E-state index contributed by atoms with van der Waals surface area (Å²) in [6.45, 7) is 0. The Morgan fingerprint density at radius 1 is 1.06 bits per heavy atom. The number of Topliss-reactive ketones (excluding diaryl/α,β-unsaturated/α-hetero) is 1. The summed E-state index contributed by atoms with van der Waals surface area (Å²) in [5.74, 6) is 3.94. The van der Waals surface area contributed by atoms with Crippen LogP contribution in [0.3, 0.4) is 0 Å². The SMILES string of the molecule is Nc1ccc(C(=O)C2C3CC4CC(C3)CC2C4)s1. The van der Waals surface area contributed by atoms with Crippen LogP contribution in [-0.4, -0.2) is 5.78 Å². The van der Waals surface area contributed by atoms with Crippen molar-refractivity contribution >= 4 is 22.1 Å². The van der Waals surface area contributed by atoms with Crippen molar-refractivity contribution in [1.82, 2.24) is 0 Å². The molecular weight excluding hydrogens is 242 g/mol. The molecule has 0 spiro atoms. The molecule has 1 aromatic heterocycles. The number of nitrogen functional groups attached to an aromatic ring is 1. The molecule has 2 nitrogen and oxygen atoms in total. The van der Waals surface area contributed by atoms with Gasteiger partial charge >= 0.3 is 0 Å². The standard InChI is InChI=1S/C15H19NOS/c16-13-2-1-12(18-13)15(17)14-10-4-8-3-9(6-10)7-11(14)5-8/h1-2,8-11,14H,3-7,16H2. The number of carbonyl (C=O) groups is 1. The van der Waals surface area contributed by atoms with E-state index >= 15 is 0 Å². The molecule has 5 rings (SSSR count). The molecule has 4 bridgehead atoms. The molecule has 4 fully saturated rings. The van der Waals surface area contributed by atoms with E-state index in [4.69, 9.17) is 5.73 Å². The van der Waals surface area contributed by atoms with Crippen molar-refractivity contribution in [3.8, 4) is 0 Å². The number of nitrogens with two attached hydrogens (primary N) is 1. The van der Waals surface area contributed by atoms with Crippen LogP contribution in [0.2, 0.25) is 0 Å². The smallest absolute Gasteiger partial charge is 0.176 e. The Kier molecular flexibility index (Phi) is 2.35. The molecule has 96 valence electrons. The first-order valence-electron chi connectivity index (χ1n) is 7.10. The Bertz CT molecular complexity index is 464. The predicted octanol–water partition coefficient (Wildman–Crippen LogP) is 3.59. The van der Waals surface area contributed by atoms with Gasteiger partial charge < -0.3 is 5.73 Å². The van der Waals surface area contributed by atoms with E-state index in [1.807, 2.05) is 12.1 Å². The van der Waals surface area contributed by atoms with Crippen LogP contribution in [0.5, 0.6) is 0 Å². The average molecular weight is 261 g/mol. The number of anilines is 1. The van der Waals surface area contributed by atoms with Gasteiger partial charge in [-0.1, -0.05) is 0 Å². The summed E-state index contributed by atoms with van der Waals surface area (Å²) in [6.07, 6.45) is 6.68. The zero-order valence-electron chi connectivity index (χ0n) is 10.5. The number of hydrogen-bond acceptors (Lipinski definition) is 3. The average Bonchev–Trinajstić information content (AvgIpc) is 2.74. The maximum absolute atomic E-state index is 12.7. The van der Waals surface area contributed by atoms with Crippen LogP contribution in [0, 0.1) is 29.6 Å². The van der Waals surface area contributed by atoms with E-state index in [1.165, 1.54) is 43.4 Å². The first kappa shape index (κ1) is 11.0. The molecule has 0 unspecified atom stereocenters. The summed E-state index contributed by atoms with van der Waals surface area (Å²) < 4.78 is 0. The van der Waals surface area contributed by atoms with Crippen LogP contribution >= 0.6 is 11.3 Å². The van der Waals surface area contributed by atoms with Crippen LogP contribution in [0.15, 0.2) is 12.1 Å². The lowest BCUT2D eigenvalue weighted by atomic mass is 9.51. The first-order chi connectivity index (χ1) is 8.70. The lowest BCUT2D eigenvalue weighted by Crippen LogP contribution is -2.47. The van der Waals surface area contributed by atoms with Crippen LogP contribution in [0.25, 0.3) is 0 Å². The Balaban J connectivity index is 1.63. The fourth-order valence-corrected chi connectivity index (χ4v) is 5.77. The van der Waals surface area contributed by atoms with Crippen molar-refractivity contribution in [3.63, 3.8) is 0 Å². The third-order valence-corrected chi connectivity index (χ3v) is 6.33. The Morgan fingerprint density at radius 2 is 1.67 bits per heavy atom. The minimum absolute atomic E-state index is 0.316. The van der Waals surface area contributed by atoms with Crippen molar-refractivity contribution in [1.29, 1.82) is 0 Å². The van der Waals surface area contributed by atoms with E-state index in [0.29, 0.717) is 23.5 Å². The van der Waals surface area contributed by atoms with E-state index in [9.17, 15) is 4.79 Å². The molecule has 4 aliphatic carbocycles. The monoisotopic (exact) mass is 261 g/mol. The Morgan fingerprint density at radius 3 is 2.17 bits per heavy atom. The highest BCUT2D eigenvalue weighted by atomic mass is 32.1. The molecule has 0 aliphatic heterocycles. The molecule has 4 saturated carbocycles. The Labute approximate surface area is 112 Å². The number of ketones is 1. The number of rotatable bonds is 2. The summed E-state index contributed by atoms with van der Waals surface area (Å²) >= 11 is 1.47. The van der Waals surface area contributed by atoms with Gasteiger partial charge in [-0.3, -0.25) is 4.79 Å². The molecule has 0 atom stereocenters. The van der Waals surface area contributed by atoms with E-state index in [0.717, 1.165) is 21.7 Å². The van der Waals surface area contributed by atoms with Gasteiger partial charge in [-0.25, -0.2) is 0 Å². The quantitative estimate of drug-likeness (QED) is 0.827. The topological polar surface area (TPSA) is 43.1 Å². The minimum atomic E-state index is 0.316. The predicted molar refractivity (Wildman–Crippen MR) is 73.6 cm³/mol. The molecule has 0 amide bonds. The van der Waals surface area contributed by atoms with Crippen LogP contribution in [0.1, 0.15) is 41.8 Å². The van der Waals surface area contributed by atoms with E-state index in [1.54, 1.807) is 0 Å². The molecule has 18 heavy (non-hydrogen) atoms. The van der Waals surface area contributed by atoms with Crippen molar-refractivity contribution in [2.45, 2.75) is 32.1 Å². The third kappa shape index (κ3) is 1.56. The zero-order valence-corrected chi connectivity index (χ0v) is 11.3. The van der Waals surface area contributed by atoms with Gasteiger partial charge in [0.15, 0.2) is 5.78 Å². The minimum Gasteiger partial charge on any atom is -0.391 e. The Hall–Kier alpha value is -0.830. The van der Waals surface area contributed by atoms with Crippen LogP contribution in [-0.2, 0) is 0 Å². The maximum Gasteiger partial charge on any atom is 0.176 e. The number of hydrogen-bond donors (Lipinski definition) is 1. The van der Waals surface area contributed by atoms with Gasteiger partial charge in [0, 0.05) is 5.92 Å². The van der Waals surface area contributed by atoms with E-state index in [-0.39, 0.29) is 0 Å². The lowest BCUT2D eigenvalue weighted by molar-refractivity contribution is -0.0249. The summed E-state index contributed by atoms with van der Waals surface area (Å²) in [7, 11) is 0. The van der Waals surface area contributed by atoms with E-state index < -0.39 is 0 Å². The second kappa shape index (κ2) is 3.83. The first-order valence-corrected chi connectivity index (χ1v) is 7.92. The number of thiophene rings is 1. The molecule has 2 N–H and O–H groups in total. The second-order valence-corrected chi connectivity index (χ2v) is 7.64. The van der Waals surface area contributed by atoms with Gasteiger partial charge in [-0.05, 0) is 67.9 Å². The zero-order chi connectivity index (χ0) is 12.3. The number of carbonyl (C=O) groups excluding carboxylic acids is 1. The summed E-state index contributed by atoms with van der Waals surface area (Å²) in [4.78, 5) is 13.6. The lowest BCUT2D eigenvalue weighted by Gasteiger charge is -2.53. The fourth-order valence-electron chi connectivity index (χ4n) is 5.00. The largest absolute Gasteiger partial charge is 0.391 e. The summed E-state index contributed by atoms with van der Waals surface area (Å²) in [5, 5.41) is 0.766. The highest BCUT2D eigenvalue weighted by Crippen LogP contribution is 2.57. The van der Waals surface area contributed by atoms with Crippen molar-refractivity contribution < 1.29 is 4.79 Å². The van der Waals surface area contributed by atoms with Gasteiger partial charge in [-0.15, -0.1) is 11.3 Å². The third-order valence-electron chi connectivity index (χ3n) is 5.40. The molecule has 4 aliphatic rings. The summed E-state index contributed by atoms with van der Waals surface area (Å²) in [5.41, 5.74) is 5.76. The van der Waals surface area contributed by atoms with Gasteiger partial charge in [0.2, 0.25) is 0 Å². The molecular formula is C15H19NOS. The molecule has 0 radical (unpaired) electrons. The molecule has 0 saturated heterocycles. The van der Waals surface area contributed by atoms with Gasteiger partial charge in [0.05, 0.1) is 9.88 Å². The second-order valence-electron chi connectivity index (χ2n) is 6.52. The van der Waals surface area contributed by atoms with Crippen LogP contribution < -0.4 is 5.73 Å².